The summed E-state index contributed by atoms with van der Waals surface area (Å²) in [6, 6.07) is -0.0556. The molecule has 0 saturated carbocycles. The van der Waals surface area contributed by atoms with E-state index in [2.05, 4.69) is 5.32 Å². The summed E-state index contributed by atoms with van der Waals surface area (Å²) in [5.41, 5.74) is 0. The van der Waals surface area contributed by atoms with Gasteiger partial charge in [-0.05, 0) is 26.2 Å². The molecule has 0 spiro atoms. The minimum Gasteiger partial charge on any atom is -0.394 e. The van der Waals surface area contributed by atoms with Gasteiger partial charge in [-0.25, -0.2) is 4.79 Å². The van der Waals surface area contributed by atoms with E-state index in [-0.39, 0.29) is 18.7 Å². The molecule has 1 saturated heterocycles. The summed E-state index contributed by atoms with van der Waals surface area (Å²) >= 11 is 0. The first-order chi connectivity index (χ1) is 7.79. The minimum absolute atomic E-state index is 0.00638. The molecule has 0 bridgehead atoms. The van der Waals surface area contributed by atoms with Gasteiger partial charge in [0.15, 0.2) is 0 Å². The number of urea groups is 1. The molecule has 1 fully saturated rings. The first-order valence-electron chi connectivity index (χ1n) is 6.02. The van der Waals surface area contributed by atoms with E-state index in [1.165, 1.54) is 0 Å². The second-order valence-electron chi connectivity index (χ2n) is 3.95. The van der Waals surface area contributed by atoms with Crippen LogP contribution in [0.25, 0.3) is 0 Å². The highest BCUT2D eigenvalue weighted by atomic mass is 16.5. The van der Waals surface area contributed by atoms with Crippen LogP contribution in [0.2, 0.25) is 0 Å². The molecule has 2 N–H and O–H groups in total. The Morgan fingerprint density at radius 3 is 3.12 bits per heavy atom. The number of ether oxygens (including phenoxy) is 1. The summed E-state index contributed by atoms with van der Waals surface area (Å²) in [6.45, 7) is 4.80. The van der Waals surface area contributed by atoms with Crippen molar-refractivity contribution in [3.8, 4) is 0 Å². The molecule has 0 radical (unpaired) electrons. The first-order valence-corrected chi connectivity index (χ1v) is 6.02. The molecule has 94 valence electrons. The highest BCUT2D eigenvalue weighted by Crippen LogP contribution is 2.16. The van der Waals surface area contributed by atoms with Gasteiger partial charge in [-0.1, -0.05) is 0 Å². The number of hydrogen-bond acceptors (Lipinski definition) is 3. The van der Waals surface area contributed by atoms with Crippen molar-refractivity contribution in [1.29, 1.82) is 0 Å². The van der Waals surface area contributed by atoms with Crippen LogP contribution in [-0.2, 0) is 4.74 Å². The molecule has 1 unspecified atom stereocenters. The largest absolute Gasteiger partial charge is 0.394 e. The topological polar surface area (TPSA) is 61.8 Å². The van der Waals surface area contributed by atoms with Gasteiger partial charge in [0, 0.05) is 26.3 Å². The molecule has 1 aliphatic heterocycles. The highest BCUT2D eigenvalue weighted by Gasteiger charge is 2.27. The lowest BCUT2D eigenvalue weighted by atomic mass is 10.2. The molecule has 5 nitrogen and oxygen atoms in total. The predicted octanol–water partition coefficient (Wildman–Crippen LogP) is 0.579. The van der Waals surface area contributed by atoms with Gasteiger partial charge < -0.3 is 20.1 Å². The van der Waals surface area contributed by atoms with Crippen LogP contribution in [0.1, 0.15) is 26.2 Å². The normalized spacial score (nSPS) is 20.1. The molecule has 16 heavy (non-hydrogen) atoms. The summed E-state index contributed by atoms with van der Waals surface area (Å²) in [7, 11) is 0. The Bertz CT molecular complexity index is 211. The van der Waals surface area contributed by atoms with Crippen LogP contribution >= 0.6 is 0 Å². The van der Waals surface area contributed by atoms with E-state index >= 15 is 0 Å². The second kappa shape index (κ2) is 7.46. The third-order valence-electron chi connectivity index (χ3n) is 2.79. The number of carbonyl (C=O) groups is 1. The smallest absolute Gasteiger partial charge is 0.317 e. The molecule has 1 heterocycles. The van der Waals surface area contributed by atoms with Crippen molar-refractivity contribution in [2.24, 2.45) is 0 Å². The Hall–Kier alpha value is -0.810. The number of nitrogens with one attached hydrogen (secondary N) is 1. The zero-order valence-corrected chi connectivity index (χ0v) is 9.95. The van der Waals surface area contributed by atoms with E-state index in [4.69, 9.17) is 9.84 Å². The zero-order valence-electron chi connectivity index (χ0n) is 9.95. The van der Waals surface area contributed by atoms with E-state index in [1.54, 1.807) is 4.90 Å². The predicted molar refractivity (Wildman–Crippen MR) is 61.3 cm³/mol. The second-order valence-corrected chi connectivity index (χ2v) is 3.95. The standard InChI is InChI=1S/C11H22N2O3/c1-2-16-8-4-6-12-11(15)13-7-3-5-10(13)9-14/h10,14H,2-9H2,1H3,(H,12,15). The highest BCUT2D eigenvalue weighted by molar-refractivity contribution is 5.74. The Balaban J connectivity index is 2.14. The molecule has 0 aromatic carbocycles. The quantitative estimate of drug-likeness (QED) is 0.656. The lowest BCUT2D eigenvalue weighted by Crippen LogP contribution is -2.44. The average molecular weight is 230 g/mol. The molecule has 0 aliphatic carbocycles. The third-order valence-corrected chi connectivity index (χ3v) is 2.79. The van der Waals surface area contributed by atoms with Gasteiger partial charge in [-0.2, -0.15) is 0 Å². The van der Waals surface area contributed by atoms with E-state index in [0.29, 0.717) is 19.8 Å². The van der Waals surface area contributed by atoms with Gasteiger partial charge in [-0.3, -0.25) is 0 Å². The molecule has 5 heteroatoms. The summed E-state index contributed by atoms with van der Waals surface area (Å²) in [6.07, 6.45) is 2.72. The van der Waals surface area contributed by atoms with Crippen molar-refractivity contribution in [2.45, 2.75) is 32.2 Å². The molecule has 1 atom stereocenters. The number of amides is 2. The van der Waals surface area contributed by atoms with E-state index in [1.807, 2.05) is 6.92 Å². The Morgan fingerprint density at radius 1 is 1.62 bits per heavy atom. The third kappa shape index (κ3) is 3.98. The average Bonchev–Trinajstić information content (AvgIpc) is 2.76. The van der Waals surface area contributed by atoms with Crippen LogP contribution in [0.4, 0.5) is 4.79 Å². The van der Waals surface area contributed by atoms with Crippen molar-refractivity contribution < 1.29 is 14.6 Å². The van der Waals surface area contributed by atoms with Gasteiger partial charge in [0.25, 0.3) is 0 Å². The Labute approximate surface area is 96.8 Å². The first kappa shape index (κ1) is 13.3. The van der Waals surface area contributed by atoms with Crippen LogP contribution < -0.4 is 5.32 Å². The summed E-state index contributed by atoms with van der Waals surface area (Å²) in [4.78, 5) is 13.4. The van der Waals surface area contributed by atoms with Crippen LogP contribution in [0.3, 0.4) is 0 Å². The molecule has 1 aliphatic rings. The van der Waals surface area contributed by atoms with E-state index in [0.717, 1.165) is 25.8 Å². The number of rotatable bonds is 6. The number of nitrogens with zero attached hydrogens (tertiary/aromatic N) is 1. The number of hydrogen-bond donors (Lipinski definition) is 2. The maximum atomic E-state index is 11.7. The van der Waals surface area contributed by atoms with Crippen LogP contribution in [0, 0.1) is 0 Å². The van der Waals surface area contributed by atoms with Crippen molar-refractivity contribution >= 4 is 6.03 Å². The van der Waals surface area contributed by atoms with Crippen LogP contribution in [0.5, 0.6) is 0 Å². The summed E-state index contributed by atoms with van der Waals surface area (Å²) < 4.78 is 5.18. The van der Waals surface area contributed by atoms with Gasteiger partial charge in [-0.15, -0.1) is 0 Å². The Kier molecular flexibility index (Phi) is 6.18. The fourth-order valence-electron chi connectivity index (χ4n) is 1.91. The van der Waals surface area contributed by atoms with Crippen molar-refractivity contribution in [3.63, 3.8) is 0 Å². The van der Waals surface area contributed by atoms with Crippen molar-refractivity contribution in [1.82, 2.24) is 10.2 Å². The minimum atomic E-state index is -0.0620. The summed E-state index contributed by atoms with van der Waals surface area (Å²) in [5, 5.41) is 11.9. The maximum Gasteiger partial charge on any atom is 0.317 e. The number of likely N-dealkylation sites (tertiary alicyclic amines) is 1. The molecular weight excluding hydrogens is 208 g/mol. The summed E-state index contributed by atoms with van der Waals surface area (Å²) in [5.74, 6) is 0. The van der Waals surface area contributed by atoms with E-state index in [9.17, 15) is 4.79 Å². The number of carbonyl (C=O) groups excluding carboxylic acids is 1. The maximum absolute atomic E-state index is 11.7. The van der Waals surface area contributed by atoms with E-state index < -0.39 is 0 Å². The lowest BCUT2D eigenvalue weighted by Gasteiger charge is -2.23. The van der Waals surface area contributed by atoms with Gasteiger partial charge >= 0.3 is 6.03 Å². The van der Waals surface area contributed by atoms with Gasteiger partial charge in [0.05, 0.1) is 12.6 Å². The van der Waals surface area contributed by atoms with Crippen molar-refractivity contribution in [2.75, 3.05) is 32.9 Å². The number of aliphatic hydroxyl groups is 1. The Morgan fingerprint density at radius 2 is 2.44 bits per heavy atom. The van der Waals surface area contributed by atoms with Crippen molar-refractivity contribution in [3.05, 3.63) is 0 Å². The molecule has 0 aromatic heterocycles. The molecule has 2 amide bonds. The lowest BCUT2D eigenvalue weighted by molar-refractivity contribution is 0.141. The van der Waals surface area contributed by atoms with Crippen LogP contribution in [-0.4, -0.2) is 55.0 Å². The van der Waals surface area contributed by atoms with Gasteiger partial charge in [0.2, 0.25) is 0 Å². The zero-order chi connectivity index (χ0) is 11.8. The fraction of sp³-hybridized carbons (Fsp3) is 0.909. The SMILES string of the molecule is CCOCCCNC(=O)N1CCCC1CO. The monoisotopic (exact) mass is 230 g/mol. The molecule has 1 rings (SSSR count). The molecular formula is C11H22N2O3. The van der Waals surface area contributed by atoms with Gasteiger partial charge in [0.1, 0.15) is 0 Å². The fourth-order valence-corrected chi connectivity index (χ4v) is 1.91. The molecule has 0 aromatic rings. The number of aliphatic hydroxyl groups excluding tert-OH is 1. The van der Waals surface area contributed by atoms with Crippen LogP contribution in [0.15, 0.2) is 0 Å².